The van der Waals surface area contributed by atoms with E-state index in [4.69, 9.17) is 5.73 Å². The summed E-state index contributed by atoms with van der Waals surface area (Å²) in [7, 11) is 0. The van der Waals surface area contributed by atoms with Crippen molar-refractivity contribution in [1.82, 2.24) is 14.9 Å². The van der Waals surface area contributed by atoms with Gasteiger partial charge in [0, 0.05) is 25.5 Å². The summed E-state index contributed by atoms with van der Waals surface area (Å²) < 4.78 is 1.98. The van der Waals surface area contributed by atoms with E-state index < -0.39 is 5.54 Å². The molecule has 0 fully saturated rings. The van der Waals surface area contributed by atoms with Gasteiger partial charge in [0.15, 0.2) is 0 Å². The molecule has 1 aromatic carbocycles. The third-order valence-corrected chi connectivity index (χ3v) is 3.28. The van der Waals surface area contributed by atoms with Crippen molar-refractivity contribution in [3.8, 4) is 0 Å². The number of hydrogen-bond donors (Lipinski definition) is 2. The van der Waals surface area contributed by atoms with Gasteiger partial charge >= 0.3 is 0 Å². The third-order valence-electron chi connectivity index (χ3n) is 3.28. The molecule has 0 spiro atoms. The van der Waals surface area contributed by atoms with E-state index in [9.17, 15) is 4.79 Å². The fraction of sp³-hybridized carbons (Fsp3) is 0.333. The van der Waals surface area contributed by atoms with Crippen LogP contribution < -0.4 is 11.1 Å². The lowest BCUT2D eigenvalue weighted by molar-refractivity contribution is -0.126. The Hall–Kier alpha value is -2.14. The van der Waals surface area contributed by atoms with Gasteiger partial charge in [0.25, 0.3) is 0 Å². The number of carbonyl (C=O) groups is 1. The maximum absolute atomic E-state index is 12.2. The smallest absolute Gasteiger partial charge is 0.244 e. The number of imidazole rings is 1. The Kier molecular flexibility index (Phi) is 4.53. The maximum Gasteiger partial charge on any atom is 0.244 e. The third kappa shape index (κ3) is 3.45. The van der Waals surface area contributed by atoms with Crippen molar-refractivity contribution < 1.29 is 4.79 Å². The van der Waals surface area contributed by atoms with Crippen LogP contribution in [0.15, 0.2) is 49.1 Å². The van der Waals surface area contributed by atoms with E-state index in [-0.39, 0.29) is 5.91 Å². The number of amides is 1. The monoisotopic (exact) mass is 272 g/mol. The normalized spacial score (nSPS) is 13.7. The Balaban J connectivity index is 1.82. The van der Waals surface area contributed by atoms with E-state index >= 15 is 0 Å². The molecule has 2 aromatic rings. The predicted octanol–water partition coefficient (Wildman–Crippen LogP) is 1.26. The molecule has 0 aliphatic heterocycles. The number of carbonyl (C=O) groups excluding carboxylic acids is 1. The van der Waals surface area contributed by atoms with E-state index in [0.717, 1.165) is 18.5 Å². The SMILES string of the molecule is CC(N)(C(=O)NCCCn1ccnc1)c1ccccc1. The van der Waals surface area contributed by atoms with Crippen LogP contribution >= 0.6 is 0 Å². The van der Waals surface area contributed by atoms with Gasteiger partial charge in [-0.3, -0.25) is 4.79 Å². The largest absolute Gasteiger partial charge is 0.354 e. The van der Waals surface area contributed by atoms with Gasteiger partial charge in [0.2, 0.25) is 5.91 Å². The Bertz CT molecular complexity index is 534. The van der Waals surface area contributed by atoms with Gasteiger partial charge in [-0.1, -0.05) is 30.3 Å². The van der Waals surface area contributed by atoms with E-state index in [0.29, 0.717) is 6.54 Å². The molecule has 0 saturated carbocycles. The molecule has 1 amide bonds. The molecule has 1 unspecified atom stereocenters. The molecule has 1 atom stereocenters. The Morgan fingerprint density at radius 1 is 1.40 bits per heavy atom. The van der Waals surface area contributed by atoms with Gasteiger partial charge in [0.05, 0.1) is 6.33 Å². The summed E-state index contributed by atoms with van der Waals surface area (Å²) in [4.78, 5) is 16.1. The minimum atomic E-state index is -1.00. The van der Waals surface area contributed by atoms with Crippen LogP contribution in [0.2, 0.25) is 0 Å². The molecule has 20 heavy (non-hydrogen) atoms. The highest BCUT2D eigenvalue weighted by molar-refractivity contribution is 5.86. The molecule has 1 aromatic heterocycles. The topological polar surface area (TPSA) is 72.9 Å². The molecule has 0 bridgehead atoms. The molecule has 3 N–H and O–H groups in total. The first-order chi connectivity index (χ1) is 9.60. The number of nitrogens with one attached hydrogen (secondary N) is 1. The second-order valence-electron chi connectivity index (χ2n) is 4.98. The van der Waals surface area contributed by atoms with Crippen molar-refractivity contribution in [2.75, 3.05) is 6.54 Å². The highest BCUT2D eigenvalue weighted by Crippen LogP contribution is 2.17. The van der Waals surface area contributed by atoms with Gasteiger partial charge < -0.3 is 15.6 Å². The lowest BCUT2D eigenvalue weighted by Crippen LogP contribution is -2.49. The molecule has 5 nitrogen and oxygen atoms in total. The van der Waals surface area contributed by atoms with Crippen molar-refractivity contribution in [3.63, 3.8) is 0 Å². The predicted molar refractivity (Wildman–Crippen MR) is 77.8 cm³/mol. The molecule has 2 rings (SSSR count). The standard InChI is InChI=1S/C15H20N4O/c1-15(16,13-6-3-2-4-7-13)14(20)18-8-5-10-19-11-9-17-12-19/h2-4,6-7,9,11-12H,5,8,10,16H2,1H3,(H,18,20). The number of aromatic nitrogens is 2. The van der Waals surface area contributed by atoms with Crippen molar-refractivity contribution in [3.05, 3.63) is 54.6 Å². The minimum Gasteiger partial charge on any atom is -0.354 e. The molecule has 0 saturated heterocycles. The number of aryl methyl sites for hydroxylation is 1. The van der Waals surface area contributed by atoms with E-state index in [1.807, 2.05) is 41.1 Å². The number of hydrogen-bond acceptors (Lipinski definition) is 3. The summed E-state index contributed by atoms with van der Waals surface area (Å²) in [5.74, 6) is -0.158. The second kappa shape index (κ2) is 6.34. The van der Waals surface area contributed by atoms with Gasteiger partial charge in [0.1, 0.15) is 5.54 Å². The fourth-order valence-corrected chi connectivity index (χ4v) is 1.98. The van der Waals surface area contributed by atoms with Gasteiger partial charge in [-0.05, 0) is 18.9 Å². The lowest BCUT2D eigenvalue weighted by Gasteiger charge is -2.24. The molecule has 0 aliphatic rings. The first-order valence-electron chi connectivity index (χ1n) is 6.69. The minimum absolute atomic E-state index is 0.158. The molecule has 5 heteroatoms. The van der Waals surface area contributed by atoms with Crippen LogP contribution in [0.1, 0.15) is 18.9 Å². The highest BCUT2D eigenvalue weighted by atomic mass is 16.2. The quantitative estimate of drug-likeness (QED) is 0.778. The average molecular weight is 272 g/mol. The molecule has 0 aliphatic carbocycles. The Labute approximate surface area is 118 Å². The molecule has 0 radical (unpaired) electrons. The number of nitrogens with zero attached hydrogens (tertiary/aromatic N) is 2. The zero-order chi connectivity index (χ0) is 14.4. The summed E-state index contributed by atoms with van der Waals surface area (Å²) in [6.07, 6.45) is 6.25. The van der Waals surface area contributed by atoms with E-state index in [1.54, 1.807) is 19.4 Å². The van der Waals surface area contributed by atoms with Crippen LogP contribution in [0.3, 0.4) is 0 Å². The molecule has 106 valence electrons. The number of benzene rings is 1. The summed E-state index contributed by atoms with van der Waals surface area (Å²) in [5, 5.41) is 2.89. The van der Waals surface area contributed by atoms with Crippen LogP contribution in [0.25, 0.3) is 0 Å². The van der Waals surface area contributed by atoms with Gasteiger partial charge in [-0.25, -0.2) is 4.98 Å². The van der Waals surface area contributed by atoms with Crippen molar-refractivity contribution in [2.45, 2.75) is 25.4 Å². The first kappa shape index (κ1) is 14.3. The summed E-state index contributed by atoms with van der Waals surface area (Å²) in [6.45, 7) is 3.15. The van der Waals surface area contributed by atoms with Crippen LogP contribution in [-0.2, 0) is 16.9 Å². The maximum atomic E-state index is 12.2. The van der Waals surface area contributed by atoms with E-state index in [2.05, 4.69) is 10.3 Å². The van der Waals surface area contributed by atoms with Gasteiger partial charge in [-0.15, -0.1) is 0 Å². The van der Waals surface area contributed by atoms with Gasteiger partial charge in [-0.2, -0.15) is 0 Å². The Morgan fingerprint density at radius 3 is 2.80 bits per heavy atom. The van der Waals surface area contributed by atoms with Crippen LogP contribution in [0.4, 0.5) is 0 Å². The van der Waals surface area contributed by atoms with Crippen molar-refractivity contribution >= 4 is 5.91 Å². The summed E-state index contributed by atoms with van der Waals surface area (Å²) in [5.41, 5.74) is 5.94. The molecule has 1 heterocycles. The fourth-order valence-electron chi connectivity index (χ4n) is 1.98. The second-order valence-corrected chi connectivity index (χ2v) is 4.98. The first-order valence-corrected chi connectivity index (χ1v) is 6.69. The van der Waals surface area contributed by atoms with Crippen molar-refractivity contribution in [2.24, 2.45) is 5.73 Å². The van der Waals surface area contributed by atoms with Crippen molar-refractivity contribution in [1.29, 1.82) is 0 Å². The summed E-state index contributed by atoms with van der Waals surface area (Å²) >= 11 is 0. The zero-order valence-corrected chi connectivity index (χ0v) is 11.6. The van der Waals surface area contributed by atoms with Crippen LogP contribution in [0.5, 0.6) is 0 Å². The van der Waals surface area contributed by atoms with Crippen LogP contribution in [-0.4, -0.2) is 22.0 Å². The average Bonchev–Trinajstić information content (AvgIpc) is 2.97. The highest BCUT2D eigenvalue weighted by Gasteiger charge is 2.29. The number of rotatable bonds is 6. The van der Waals surface area contributed by atoms with Crippen LogP contribution in [0, 0.1) is 0 Å². The Morgan fingerprint density at radius 2 is 2.15 bits per heavy atom. The molecular weight excluding hydrogens is 252 g/mol. The number of nitrogens with two attached hydrogens (primary N) is 1. The zero-order valence-electron chi connectivity index (χ0n) is 11.6. The summed E-state index contributed by atoms with van der Waals surface area (Å²) in [6, 6.07) is 9.40. The molecular formula is C15H20N4O. The lowest BCUT2D eigenvalue weighted by atomic mass is 9.92. The van der Waals surface area contributed by atoms with E-state index in [1.165, 1.54) is 0 Å².